The first-order chi connectivity index (χ1) is 25.9. The number of thiophene rings is 1. The molecule has 0 unspecified atom stereocenters. The Hall–Kier alpha value is -3.57. The summed E-state index contributed by atoms with van der Waals surface area (Å²) in [7, 11) is 0. The van der Waals surface area contributed by atoms with Crippen LogP contribution in [-0.2, 0) is 36.7 Å². The second kappa shape index (κ2) is 17.9. The molecule has 6 aromatic rings. The second-order valence-corrected chi connectivity index (χ2v) is 18.7. The van der Waals surface area contributed by atoms with Crippen LogP contribution in [0.1, 0.15) is 124 Å². The van der Waals surface area contributed by atoms with E-state index in [1.807, 2.05) is 52.9 Å². The molecule has 0 bridgehead atoms. The Morgan fingerprint density at radius 2 is 1.52 bits per heavy atom. The number of aromatic nitrogens is 1. The maximum absolute atomic E-state index is 12.2. The molecular formula is C50H62IrNO3S-. The van der Waals surface area contributed by atoms with E-state index >= 15 is 0 Å². The van der Waals surface area contributed by atoms with E-state index in [1.165, 1.54) is 48.7 Å². The molecule has 1 N–H and O–H groups in total. The first-order valence-corrected chi connectivity index (χ1v) is 21.0. The summed E-state index contributed by atoms with van der Waals surface area (Å²) < 4.78 is 7.48. The number of aliphatic hydroxyl groups is 1. The van der Waals surface area contributed by atoms with Crippen molar-refractivity contribution < 1.29 is 34.4 Å². The second-order valence-electron chi connectivity index (χ2n) is 17.4. The number of fused-ring (bicyclic) bond motifs is 3. The smallest absolute Gasteiger partial charge is 0.164 e. The van der Waals surface area contributed by atoms with Crippen molar-refractivity contribution in [1.82, 2.24) is 4.98 Å². The number of aryl methyl sites for hydroxylation is 2. The molecule has 0 saturated carbocycles. The van der Waals surface area contributed by atoms with E-state index in [0.29, 0.717) is 5.92 Å². The fourth-order valence-electron chi connectivity index (χ4n) is 7.17. The van der Waals surface area contributed by atoms with Gasteiger partial charge in [-0.3, -0.25) is 9.78 Å². The molecule has 0 atom stereocenters. The summed E-state index contributed by atoms with van der Waals surface area (Å²) in [5.74, 6) is 1.94. The summed E-state index contributed by atoms with van der Waals surface area (Å²) in [6, 6.07) is 25.7. The molecule has 0 fully saturated rings. The molecule has 0 aliphatic heterocycles. The average Bonchev–Trinajstić information content (AvgIpc) is 3.69. The van der Waals surface area contributed by atoms with Crippen LogP contribution in [0.2, 0.25) is 0 Å². The fraction of sp³-hybridized carbons (Fsp3) is 0.440. The van der Waals surface area contributed by atoms with E-state index in [9.17, 15) is 9.90 Å². The number of aliphatic hydroxyl groups excluding tert-OH is 1. The van der Waals surface area contributed by atoms with Gasteiger partial charge in [0.05, 0.1) is 10.2 Å². The third kappa shape index (κ3) is 9.41. The standard InChI is InChI=1S/C35H34NOS.C15H28O2.Ir/c1-20(2)14-33-22(4)27-17-24(12-13-32(27)37-33)28-19-30(36-31-15-21(3)38-34(28)31)25-16-23-10-8-9-11-26(23)29(18-25)35(5,6)7;1-7-14(5,8-2)12(16)11-13(17)15(6,9-3)10-4;/h8-13,15,17-20H,14H2,1-7H3;11,16H,7-10H2,1-6H3;/q-1;;/b;12-11-;. The van der Waals surface area contributed by atoms with E-state index in [2.05, 4.69) is 115 Å². The molecule has 3 aromatic heterocycles. The first kappa shape index (κ1) is 45.1. The molecule has 3 aromatic carbocycles. The zero-order chi connectivity index (χ0) is 40.5. The van der Waals surface area contributed by atoms with Crippen LogP contribution in [0.25, 0.3) is 54.3 Å². The minimum atomic E-state index is -0.337. The van der Waals surface area contributed by atoms with Crippen LogP contribution in [0.15, 0.2) is 76.9 Å². The van der Waals surface area contributed by atoms with Crippen LogP contribution < -0.4 is 0 Å². The van der Waals surface area contributed by atoms with Gasteiger partial charge in [-0.2, -0.15) is 0 Å². The molecule has 4 nitrogen and oxygen atoms in total. The normalized spacial score (nSPS) is 12.6. The minimum absolute atomic E-state index is 0. The maximum Gasteiger partial charge on any atom is 0.164 e. The zero-order valence-electron chi connectivity index (χ0n) is 35.9. The van der Waals surface area contributed by atoms with Gasteiger partial charge in [0.25, 0.3) is 0 Å². The molecule has 1 radical (unpaired) electrons. The maximum atomic E-state index is 12.2. The molecule has 3 heterocycles. The molecule has 6 rings (SSSR count). The Morgan fingerprint density at radius 3 is 2.12 bits per heavy atom. The molecule has 0 amide bonds. The van der Waals surface area contributed by atoms with Crippen molar-refractivity contribution >= 4 is 49.1 Å². The third-order valence-electron chi connectivity index (χ3n) is 12.0. The number of nitrogens with zero attached hydrogens (tertiary/aromatic N) is 1. The Balaban J connectivity index is 0.000000330. The van der Waals surface area contributed by atoms with Crippen LogP contribution in [0.4, 0.5) is 0 Å². The van der Waals surface area contributed by atoms with Crippen LogP contribution in [0.5, 0.6) is 0 Å². The van der Waals surface area contributed by atoms with Crippen molar-refractivity contribution in [3.8, 4) is 22.4 Å². The quantitative estimate of drug-likeness (QED) is 0.0798. The number of carbonyl (C=O) groups excluding carboxylic acids is 1. The summed E-state index contributed by atoms with van der Waals surface area (Å²) in [5.41, 5.74) is 8.41. The number of furan rings is 1. The van der Waals surface area contributed by atoms with Crippen molar-refractivity contribution in [3.05, 3.63) is 100 Å². The molecular weight excluding hydrogens is 887 g/mol. The van der Waals surface area contributed by atoms with Crippen molar-refractivity contribution in [3.63, 3.8) is 0 Å². The molecule has 6 heteroatoms. The summed E-state index contributed by atoms with van der Waals surface area (Å²) in [6.45, 7) is 27.7. The van der Waals surface area contributed by atoms with Gasteiger partial charge in [-0.1, -0.05) is 117 Å². The predicted octanol–water partition coefficient (Wildman–Crippen LogP) is 15.1. The summed E-state index contributed by atoms with van der Waals surface area (Å²) in [5, 5.41) is 13.7. The molecule has 56 heavy (non-hydrogen) atoms. The Morgan fingerprint density at radius 1 is 0.875 bits per heavy atom. The predicted molar refractivity (Wildman–Crippen MR) is 236 cm³/mol. The van der Waals surface area contributed by atoms with E-state index in [1.54, 1.807) is 0 Å². The van der Waals surface area contributed by atoms with Gasteiger partial charge < -0.3 is 9.52 Å². The van der Waals surface area contributed by atoms with Crippen LogP contribution in [-0.4, -0.2) is 15.9 Å². The van der Waals surface area contributed by atoms with E-state index in [0.717, 1.165) is 65.6 Å². The van der Waals surface area contributed by atoms with Crippen molar-refractivity contribution in [2.45, 2.75) is 128 Å². The number of rotatable bonds is 11. The zero-order valence-corrected chi connectivity index (χ0v) is 39.1. The van der Waals surface area contributed by atoms with E-state index in [-0.39, 0.29) is 47.9 Å². The Kier molecular flexibility index (Phi) is 14.4. The van der Waals surface area contributed by atoms with Crippen molar-refractivity contribution in [2.75, 3.05) is 0 Å². The average molecular weight is 949 g/mol. The largest absolute Gasteiger partial charge is 0.512 e. The monoisotopic (exact) mass is 949 g/mol. The minimum Gasteiger partial charge on any atom is -0.512 e. The van der Waals surface area contributed by atoms with Gasteiger partial charge in [-0.25, -0.2) is 0 Å². The Bertz CT molecular complexity index is 2340. The number of hydrogen-bond donors (Lipinski definition) is 1. The van der Waals surface area contributed by atoms with Crippen molar-refractivity contribution in [1.29, 1.82) is 0 Å². The SMILES string of the molecule is CCC(C)(CC)C(=O)/C=C(\O)C(C)(CC)CC.Cc1cc2nc(-c3[c-]c4ccccc4c(C(C)(C)C)c3)cc(-c3ccc4oc(CC(C)C)c(C)c4c3)c2s1.[Ir]. The molecule has 301 valence electrons. The van der Waals surface area contributed by atoms with E-state index < -0.39 is 0 Å². The topological polar surface area (TPSA) is 63.3 Å². The van der Waals surface area contributed by atoms with E-state index in [4.69, 9.17) is 9.40 Å². The number of ketones is 1. The number of allylic oxidation sites excluding steroid dienone is 2. The molecule has 0 aliphatic rings. The van der Waals surface area contributed by atoms with Crippen LogP contribution in [0, 0.1) is 36.7 Å². The van der Waals surface area contributed by atoms with Gasteiger partial charge in [0.1, 0.15) is 17.1 Å². The van der Waals surface area contributed by atoms with Gasteiger partial charge in [-0.15, -0.1) is 40.5 Å². The summed E-state index contributed by atoms with van der Waals surface area (Å²) >= 11 is 1.81. The summed E-state index contributed by atoms with van der Waals surface area (Å²) in [4.78, 5) is 18.6. The molecule has 0 aliphatic carbocycles. The van der Waals surface area contributed by atoms with Gasteiger partial charge >= 0.3 is 0 Å². The van der Waals surface area contributed by atoms with Crippen LogP contribution in [0.3, 0.4) is 0 Å². The van der Waals surface area contributed by atoms with Gasteiger partial charge in [0.2, 0.25) is 0 Å². The summed E-state index contributed by atoms with van der Waals surface area (Å²) in [6.07, 6.45) is 5.71. The van der Waals surface area contributed by atoms with Crippen molar-refractivity contribution in [2.24, 2.45) is 16.7 Å². The Labute approximate surface area is 353 Å². The fourth-order valence-corrected chi connectivity index (χ4v) is 8.16. The number of pyridine rings is 1. The third-order valence-corrected chi connectivity index (χ3v) is 13.1. The van der Waals surface area contributed by atoms with Gasteiger partial charge in [-0.05, 0) is 85.8 Å². The van der Waals surface area contributed by atoms with Gasteiger partial charge in [0, 0.05) is 59.4 Å². The number of benzene rings is 3. The number of carbonyl (C=O) groups is 1. The van der Waals surface area contributed by atoms with Crippen LogP contribution >= 0.6 is 11.3 Å². The number of hydrogen-bond acceptors (Lipinski definition) is 5. The molecule has 0 saturated heterocycles. The molecule has 0 spiro atoms. The van der Waals surface area contributed by atoms with Gasteiger partial charge in [0.15, 0.2) is 5.78 Å². The first-order valence-electron chi connectivity index (χ1n) is 20.2.